The molecule has 5 rings (SSSR count). The van der Waals surface area contributed by atoms with Crippen molar-refractivity contribution in [1.29, 1.82) is 0 Å². The summed E-state index contributed by atoms with van der Waals surface area (Å²) in [7, 11) is 1.87. The third kappa shape index (κ3) is 3.21. The first-order chi connectivity index (χ1) is 13.7. The molecule has 3 heterocycles. The molecule has 0 bridgehead atoms. The van der Waals surface area contributed by atoms with Crippen LogP contribution in [0.5, 0.6) is 5.88 Å². The Morgan fingerprint density at radius 2 is 2.00 bits per heavy atom. The number of carbonyl (C=O) groups excluding carboxylic acids is 1. The lowest BCUT2D eigenvalue weighted by Crippen LogP contribution is -2.30. The molecule has 0 spiro atoms. The van der Waals surface area contributed by atoms with Gasteiger partial charge in [-0.1, -0.05) is 18.2 Å². The van der Waals surface area contributed by atoms with Crippen LogP contribution in [0.3, 0.4) is 0 Å². The number of likely N-dealkylation sites (tertiary alicyclic amines) is 1. The lowest BCUT2D eigenvalue weighted by atomic mass is 10.1. The van der Waals surface area contributed by atoms with Crippen LogP contribution in [-0.4, -0.2) is 50.5 Å². The van der Waals surface area contributed by atoms with Gasteiger partial charge in [-0.3, -0.25) is 9.48 Å². The van der Waals surface area contributed by atoms with Crippen LogP contribution in [0.1, 0.15) is 41.4 Å². The molecule has 7 heteroatoms. The lowest BCUT2D eigenvalue weighted by molar-refractivity contribution is 0.0778. The Morgan fingerprint density at radius 3 is 2.79 bits per heavy atom. The van der Waals surface area contributed by atoms with Crippen LogP contribution in [0, 0.1) is 5.92 Å². The lowest BCUT2D eigenvalue weighted by Gasteiger charge is -2.15. The molecule has 1 aromatic carbocycles. The van der Waals surface area contributed by atoms with Crippen molar-refractivity contribution in [2.45, 2.75) is 25.2 Å². The van der Waals surface area contributed by atoms with E-state index >= 15 is 0 Å². The molecule has 0 radical (unpaired) electrons. The van der Waals surface area contributed by atoms with Gasteiger partial charge in [0.15, 0.2) is 5.69 Å². The molecule has 2 aromatic heterocycles. The fraction of sp³-hybridized carbons (Fsp3) is 0.429. The third-order valence-corrected chi connectivity index (χ3v) is 5.66. The Balaban J connectivity index is 1.21. The number of rotatable bonds is 5. The molecular weight excluding hydrogens is 354 g/mol. The van der Waals surface area contributed by atoms with E-state index in [1.807, 2.05) is 48.3 Å². The van der Waals surface area contributed by atoms with Gasteiger partial charge < -0.3 is 9.64 Å². The van der Waals surface area contributed by atoms with Gasteiger partial charge >= 0.3 is 0 Å². The summed E-state index contributed by atoms with van der Waals surface area (Å²) in [5.41, 5.74) is 2.56. The smallest absolute Gasteiger partial charge is 0.275 e. The first kappa shape index (κ1) is 17.2. The highest BCUT2D eigenvalue weighted by Crippen LogP contribution is 2.38. The van der Waals surface area contributed by atoms with E-state index in [4.69, 9.17) is 4.74 Å². The molecule has 2 fully saturated rings. The van der Waals surface area contributed by atoms with E-state index in [-0.39, 0.29) is 5.91 Å². The van der Waals surface area contributed by atoms with Gasteiger partial charge in [-0.25, -0.2) is 0 Å². The summed E-state index contributed by atoms with van der Waals surface area (Å²) in [5.74, 6) is 1.44. The molecule has 1 unspecified atom stereocenters. The van der Waals surface area contributed by atoms with E-state index in [1.54, 1.807) is 4.68 Å². The molecule has 28 heavy (non-hydrogen) atoms. The predicted octanol–water partition coefficient (Wildman–Crippen LogP) is 2.78. The molecule has 7 nitrogen and oxygen atoms in total. The monoisotopic (exact) mass is 377 g/mol. The van der Waals surface area contributed by atoms with Gasteiger partial charge in [-0.2, -0.15) is 10.2 Å². The highest BCUT2D eigenvalue weighted by atomic mass is 16.5. The standard InChI is InChI=1S/C21H23N5O2/c1-25-18-5-3-2-4-16(18)20(24-25)21(27)26-11-10-14(12-26)13-28-19-9-8-17(22-23-19)15-6-7-15/h2-5,8-9,14-15H,6-7,10-13H2,1H3. The summed E-state index contributed by atoms with van der Waals surface area (Å²) in [4.78, 5) is 14.9. The minimum atomic E-state index is -0.00659. The van der Waals surface area contributed by atoms with E-state index in [2.05, 4.69) is 15.3 Å². The second-order valence-electron chi connectivity index (χ2n) is 7.78. The van der Waals surface area contributed by atoms with Crippen LogP contribution in [-0.2, 0) is 7.05 Å². The Labute approximate surface area is 163 Å². The van der Waals surface area contributed by atoms with Crippen molar-refractivity contribution in [2.24, 2.45) is 13.0 Å². The third-order valence-electron chi connectivity index (χ3n) is 5.66. The molecule has 2 aliphatic rings. The summed E-state index contributed by atoms with van der Waals surface area (Å²) in [5, 5.41) is 13.8. The van der Waals surface area contributed by atoms with Crippen LogP contribution in [0.25, 0.3) is 10.9 Å². The van der Waals surface area contributed by atoms with Crippen molar-refractivity contribution in [3.8, 4) is 5.88 Å². The Morgan fingerprint density at radius 1 is 1.14 bits per heavy atom. The van der Waals surface area contributed by atoms with Crippen LogP contribution in [0.4, 0.5) is 0 Å². The van der Waals surface area contributed by atoms with E-state index in [0.717, 1.165) is 29.6 Å². The number of hydrogen-bond donors (Lipinski definition) is 0. The van der Waals surface area contributed by atoms with Crippen molar-refractivity contribution in [3.63, 3.8) is 0 Å². The molecule has 1 amide bonds. The van der Waals surface area contributed by atoms with E-state index < -0.39 is 0 Å². The maximum absolute atomic E-state index is 13.0. The fourth-order valence-corrected chi connectivity index (χ4v) is 3.88. The van der Waals surface area contributed by atoms with E-state index in [0.29, 0.717) is 36.6 Å². The van der Waals surface area contributed by atoms with Crippen molar-refractivity contribution >= 4 is 16.8 Å². The number of hydrogen-bond acceptors (Lipinski definition) is 5. The summed E-state index contributed by atoms with van der Waals surface area (Å²) >= 11 is 0. The molecule has 3 aromatic rings. The van der Waals surface area contributed by atoms with Gasteiger partial charge in [-0.05, 0) is 31.4 Å². The fourth-order valence-electron chi connectivity index (χ4n) is 3.88. The zero-order chi connectivity index (χ0) is 19.1. The number of ether oxygens (including phenoxy) is 1. The van der Waals surface area contributed by atoms with Crippen molar-refractivity contribution < 1.29 is 9.53 Å². The number of aryl methyl sites for hydroxylation is 1. The minimum absolute atomic E-state index is 0.00659. The number of carbonyl (C=O) groups is 1. The summed E-state index contributed by atoms with van der Waals surface area (Å²) in [6, 6.07) is 11.7. The van der Waals surface area contributed by atoms with Crippen LogP contribution < -0.4 is 4.74 Å². The number of para-hydroxylation sites is 1. The largest absolute Gasteiger partial charge is 0.476 e. The van der Waals surface area contributed by atoms with Gasteiger partial charge in [0.2, 0.25) is 5.88 Å². The van der Waals surface area contributed by atoms with Gasteiger partial charge in [-0.15, -0.1) is 5.10 Å². The minimum Gasteiger partial charge on any atom is -0.476 e. The zero-order valence-corrected chi connectivity index (χ0v) is 15.9. The second-order valence-corrected chi connectivity index (χ2v) is 7.78. The second kappa shape index (κ2) is 6.89. The highest BCUT2D eigenvalue weighted by Gasteiger charge is 2.30. The van der Waals surface area contributed by atoms with Gasteiger partial charge in [0.25, 0.3) is 5.91 Å². The predicted molar refractivity (Wildman–Crippen MR) is 104 cm³/mol. The molecule has 144 valence electrons. The van der Waals surface area contributed by atoms with E-state index in [1.165, 1.54) is 12.8 Å². The van der Waals surface area contributed by atoms with E-state index in [9.17, 15) is 4.79 Å². The zero-order valence-electron chi connectivity index (χ0n) is 15.9. The van der Waals surface area contributed by atoms with Crippen molar-refractivity contribution in [2.75, 3.05) is 19.7 Å². The van der Waals surface area contributed by atoms with Crippen LogP contribution >= 0.6 is 0 Å². The number of nitrogens with zero attached hydrogens (tertiary/aromatic N) is 5. The quantitative estimate of drug-likeness (QED) is 0.684. The molecule has 1 saturated carbocycles. The highest BCUT2D eigenvalue weighted by molar-refractivity contribution is 6.04. The summed E-state index contributed by atoms with van der Waals surface area (Å²) in [6.45, 7) is 1.95. The first-order valence-corrected chi connectivity index (χ1v) is 9.86. The van der Waals surface area contributed by atoms with Crippen LogP contribution in [0.15, 0.2) is 36.4 Å². The average molecular weight is 377 g/mol. The maximum atomic E-state index is 13.0. The molecule has 1 atom stereocenters. The average Bonchev–Trinajstić information content (AvgIpc) is 3.38. The SMILES string of the molecule is Cn1nc(C(=O)N2CCC(COc3ccc(C4CC4)nn3)C2)c2ccccc21. The molecule has 1 aliphatic heterocycles. The molecule has 0 N–H and O–H groups in total. The molecular formula is C21H23N5O2. The first-order valence-electron chi connectivity index (χ1n) is 9.86. The van der Waals surface area contributed by atoms with Gasteiger partial charge in [0.05, 0.1) is 17.8 Å². The number of benzene rings is 1. The molecule has 1 saturated heterocycles. The molecule has 1 aliphatic carbocycles. The Kier molecular flexibility index (Phi) is 4.22. The maximum Gasteiger partial charge on any atom is 0.275 e. The number of aromatic nitrogens is 4. The number of amides is 1. The van der Waals surface area contributed by atoms with Gasteiger partial charge in [0.1, 0.15) is 0 Å². The summed E-state index contributed by atoms with van der Waals surface area (Å²) < 4.78 is 7.59. The Bertz CT molecular complexity index is 1010. The summed E-state index contributed by atoms with van der Waals surface area (Å²) in [6.07, 6.45) is 3.35. The van der Waals surface area contributed by atoms with Crippen LogP contribution in [0.2, 0.25) is 0 Å². The van der Waals surface area contributed by atoms with Crippen molar-refractivity contribution in [1.82, 2.24) is 24.9 Å². The topological polar surface area (TPSA) is 73.1 Å². The van der Waals surface area contributed by atoms with Gasteiger partial charge in [0, 0.05) is 43.4 Å². The normalized spacial score (nSPS) is 19.3. The Hall–Kier alpha value is -2.96. The van der Waals surface area contributed by atoms with Crippen molar-refractivity contribution in [3.05, 3.63) is 47.8 Å². The number of fused-ring (bicyclic) bond motifs is 1.